The zero-order chi connectivity index (χ0) is 11.4. The summed E-state index contributed by atoms with van der Waals surface area (Å²) in [6.45, 7) is 1.73. The first kappa shape index (κ1) is 10.6. The third-order valence-corrected chi connectivity index (χ3v) is 2.23. The molecule has 0 saturated carbocycles. The molecule has 1 aromatic carbocycles. The number of aromatic nitrogens is 1. The van der Waals surface area contributed by atoms with Crippen molar-refractivity contribution >= 4 is 0 Å². The summed E-state index contributed by atoms with van der Waals surface area (Å²) in [6, 6.07) is 11.0. The van der Waals surface area contributed by atoms with Crippen molar-refractivity contribution in [2.45, 2.75) is 13.0 Å². The molecule has 3 heteroatoms. The first-order valence-electron chi connectivity index (χ1n) is 5.11. The summed E-state index contributed by atoms with van der Waals surface area (Å²) >= 11 is 0. The van der Waals surface area contributed by atoms with Gasteiger partial charge in [0.25, 0.3) is 0 Å². The third-order valence-electron chi connectivity index (χ3n) is 2.23. The van der Waals surface area contributed by atoms with Gasteiger partial charge in [0.2, 0.25) is 0 Å². The van der Waals surface area contributed by atoms with Crippen molar-refractivity contribution < 1.29 is 9.84 Å². The first-order valence-corrected chi connectivity index (χ1v) is 5.11. The average Bonchev–Trinajstić information content (AvgIpc) is 2.31. The highest BCUT2D eigenvalue weighted by Crippen LogP contribution is 2.22. The normalized spacial score (nSPS) is 12.1. The van der Waals surface area contributed by atoms with Gasteiger partial charge < -0.3 is 9.84 Å². The Kier molecular flexibility index (Phi) is 3.17. The van der Waals surface area contributed by atoms with Crippen molar-refractivity contribution in [2.24, 2.45) is 0 Å². The predicted octanol–water partition coefficient (Wildman–Crippen LogP) is 2.93. The Balaban J connectivity index is 2.11. The maximum Gasteiger partial charge on any atom is 0.145 e. The van der Waals surface area contributed by atoms with Gasteiger partial charge in [0, 0.05) is 6.20 Å². The second-order valence-corrected chi connectivity index (χ2v) is 3.54. The number of aliphatic hydroxyl groups excluding tert-OH is 1. The Bertz CT molecular complexity index is 437. The topological polar surface area (TPSA) is 42.4 Å². The number of aliphatic hydroxyl groups is 1. The molecule has 0 aliphatic rings. The van der Waals surface area contributed by atoms with E-state index in [-0.39, 0.29) is 0 Å². The van der Waals surface area contributed by atoms with E-state index < -0.39 is 6.10 Å². The first-order chi connectivity index (χ1) is 7.75. The molecule has 82 valence electrons. The van der Waals surface area contributed by atoms with Gasteiger partial charge in [-0.3, -0.25) is 4.98 Å². The number of nitrogens with zero attached hydrogens (tertiary/aromatic N) is 1. The molecule has 0 aliphatic carbocycles. The van der Waals surface area contributed by atoms with Crippen molar-refractivity contribution in [3.8, 4) is 11.5 Å². The lowest BCUT2D eigenvalue weighted by Crippen LogP contribution is -1.90. The highest BCUT2D eigenvalue weighted by Gasteiger charge is 2.01. The molecule has 1 N–H and O–H groups in total. The van der Waals surface area contributed by atoms with Gasteiger partial charge in [-0.1, -0.05) is 12.1 Å². The molecule has 0 radical (unpaired) electrons. The van der Waals surface area contributed by atoms with Gasteiger partial charge in [-0.05, 0) is 36.8 Å². The molecule has 2 aromatic rings. The lowest BCUT2D eigenvalue weighted by atomic mass is 10.1. The summed E-state index contributed by atoms with van der Waals surface area (Å²) in [7, 11) is 0. The Morgan fingerprint density at radius 1 is 1.12 bits per heavy atom. The molecule has 16 heavy (non-hydrogen) atoms. The van der Waals surface area contributed by atoms with E-state index in [1.54, 1.807) is 19.3 Å². The largest absolute Gasteiger partial charge is 0.456 e. The van der Waals surface area contributed by atoms with Crippen molar-refractivity contribution in [2.75, 3.05) is 0 Å². The molecular weight excluding hydrogens is 202 g/mol. The Morgan fingerprint density at radius 3 is 2.44 bits per heavy atom. The van der Waals surface area contributed by atoms with Crippen LogP contribution in [0, 0.1) is 0 Å². The molecule has 1 heterocycles. The highest BCUT2D eigenvalue weighted by molar-refractivity contribution is 5.32. The van der Waals surface area contributed by atoms with Gasteiger partial charge >= 0.3 is 0 Å². The number of hydrogen-bond donors (Lipinski definition) is 1. The van der Waals surface area contributed by atoms with E-state index in [2.05, 4.69) is 4.98 Å². The second-order valence-electron chi connectivity index (χ2n) is 3.54. The Morgan fingerprint density at radius 2 is 1.88 bits per heavy atom. The standard InChI is InChI=1S/C13H13NO2/c1-10(15)11-4-6-12(7-5-11)16-13-3-2-8-14-9-13/h2-10,15H,1H3/t10-/m1/s1. The van der Waals surface area contributed by atoms with Crippen molar-refractivity contribution in [3.05, 3.63) is 54.4 Å². The molecular formula is C13H13NO2. The minimum atomic E-state index is -0.451. The maximum atomic E-state index is 9.35. The van der Waals surface area contributed by atoms with E-state index in [0.717, 1.165) is 11.3 Å². The molecule has 0 bridgehead atoms. The minimum absolute atomic E-state index is 0.451. The average molecular weight is 215 g/mol. The molecule has 0 aliphatic heterocycles. The smallest absolute Gasteiger partial charge is 0.145 e. The lowest BCUT2D eigenvalue weighted by molar-refractivity contribution is 0.199. The van der Waals surface area contributed by atoms with Crippen LogP contribution in [0.15, 0.2) is 48.8 Å². The van der Waals surface area contributed by atoms with E-state index in [1.807, 2.05) is 36.4 Å². The van der Waals surface area contributed by atoms with Gasteiger partial charge in [-0.15, -0.1) is 0 Å². The monoisotopic (exact) mass is 215 g/mol. The molecule has 2 rings (SSSR count). The predicted molar refractivity (Wildman–Crippen MR) is 61.4 cm³/mol. The van der Waals surface area contributed by atoms with Crippen molar-refractivity contribution in [1.82, 2.24) is 4.98 Å². The Labute approximate surface area is 94.3 Å². The van der Waals surface area contributed by atoms with Crippen LogP contribution in [0.2, 0.25) is 0 Å². The van der Waals surface area contributed by atoms with Crippen LogP contribution in [0.1, 0.15) is 18.6 Å². The van der Waals surface area contributed by atoms with Crippen LogP contribution in [-0.4, -0.2) is 10.1 Å². The second kappa shape index (κ2) is 4.77. The highest BCUT2D eigenvalue weighted by atomic mass is 16.5. The SMILES string of the molecule is C[C@@H](O)c1ccc(Oc2cccnc2)cc1. The molecule has 0 fully saturated rings. The van der Waals surface area contributed by atoms with Gasteiger partial charge in [0.1, 0.15) is 11.5 Å². The van der Waals surface area contributed by atoms with E-state index in [9.17, 15) is 5.11 Å². The zero-order valence-electron chi connectivity index (χ0n) is 9.00. The van der Waals surface area contributed by atoms with E-state index in [1.165, 1.54) is 0 Å². The summed E-state index contributed by atoms with van der Waals surface area (Å²) in [5.74, 6) is 1.43. The van der Waals surface area contributed by atoms with E-state index in [0.29, 0.717) is 5.75 Å². The molecule has 3 nitrogen and oxygen atoms in total. The Hall–Kier alpha value is -1.87. The summed E-state index contributed by atoms with van der Waals surface area (Å²) in [6.07, 6.45) is 2.90. The van der Waals surface area contributed by atoms with Crippen LogP contribution in [0.25, 0.3) is 0 Å². The van der Waals surface area contributed by atoms with Crippen molar-refractivity contribution in [3.63, 3.8) is 0 Å². The van der Waals surface area contributed by atoms with Crippen LogP contribution < -0.4 is 4.74 Å². The molecule has 1 atom stereocenters. The van der Waals surface area contributed by atoms with E-state index >= 15 is 0 Å². The van der Waals surface area contributed by atoms with Crippen LogP contribution in [0.4, 0.5) is 0 Å². The summed E-state index contributed by atoms with van der Waals surface area (Å²) in [5, 5.41) is 9.35. The van der Waals surface area contributed by atoms with Gasteiger partial charge in [-0.2, -0.15) is 0 Å². The summed E-state index contributed by atoms with van der Waals surface area (Å²) in [5.41, 5.74) is 0.874. The zero-order valence-corrected chi connectivity index (χ0v) is 9.00. The third kappa shape index (κ3) is 2.58. The minimum Gasteiger partial charge on any atom is -0.456 e. The van der Waals surface area contributed by atoms with Crippen LogP contribution in [0.5, 0.6) is 11.5 Å². The fourth-order valence-electron chi connectivity index (χ4n) is 1.36. The van der Waals surface area contributed by atoms with Crippen LogP contribution in [0.3, 0.4) is 0 Å². The molecule has 0 unspecified atom stereocenters. The number of ether oxygens (including phenoxy) is 1. The summed E-state index contributed by atoms with van der Waals surface area (Å²) in [4.78, 5) is 3.96. The number of hydrogen-bond acceptors (Lipinski definition) is 3. The molecule has 0 spiro atoms. The lowest BCUT2D eigenvalue weighted by Gasteiger charge is -2.07. The van der Waals surface area contributed by atoms with Crippen LogP contribution >= 0.6 is 0 Å². The van der Waals surface area contributed by atoms with Gasteiger partial charge in [0.05, 0.1) is 12.3 Å². The number of pyridine rings is 1. The van der Waals surface area contributed by atoms with Gasteiger partial charge in [0.15, 0.2) is 0 Å². The molecule has 0 amide bonds. The fraction of sp³-hybridized carbons (Fsp3) is 0.154. The van der Waals surface area contributed by atoms with Gasteiger partial charge in [-0.25, -0.2) is 0 Å². The maximum absolute atomic E-state index is 9.35. The fourth-order valence-corrected chi connectivity index (χ4v) is 1.36. The number of rotatable bonds is 3. The summed E-state index contributed by atoms with van der Waals surface area (Å²) < 4.78 is 5.57. The molecule has 1 aromatic heterocycles. The number of benzene rings is 1. The van der Waals surface area contributed by atoms with Crippen molar-refractivity contribution in [1.29, 1.82) is 0 Å². The van der Waals surface area contributed by atoms with E-state index in [4.69, 9.17) is 4.74 Å². The molecule has 0 saturated heterocycles. The quantitative estimate of drug-likeness (QED) is 0.855. The van der Waals surface area contributed by atoms with Crippen LogP contribution in [-0.2, 0) is 0 Å².